The molecule has 8 nitrogen and oxygen atoms in total. The first-order valence-corrected chi connectivity index (χ1v) is 15.7. The number of hydrogen-bond acceptors (Lipinski definition) is 7. The molecule has 0 aliphatic carbocycles. The highest BCUT2D eigenvalue weighted by Crippen LogP contribution is 2.39. The molecule has 31 heavy (non-hydrogen) atoms. The Labute approximate surface area is 189 Å². The van der Waals surface area contributed by atoms with Crippen LogP contribution < -0.4 is 0 Å². The smallest absolute Gasteiger partial charge is 0.410 e. The predicted molar refractivity (Wildman–Crippen MR) is 124 cm³/mol. The van der Waals surface area contributed by atoms with Crippen molar-refractivity contribution in [2.24, 2.45) is 5.92 Å². The van der Waals surface area contributed by atoms with Crippen molar-refractivity contribution in [2.45, 2.75) is 90.1 Å². The van der Waals surface area contributed by atoms with Crippen molar-refractivity contribution in [1.29, 1.82) is 0 Å². The van der Waals surface area contributed by atoms with Gasteiger partial charge in [-0.05, 0) is 58.2 Å². The van der Waals surface area contributed by atoms with Gasteiger partial charge in [0, 0.05) is 25.6 Å². The first kappa shape index (κ1) is 28.3. The van der Waals surface area contributed by atoms with Crippen molar-refractivity contribution in [2.75, 3.05) is 32.6 Å². The number of aliphatic hydroxyl groups is 1. The van der Waals surface area contributed by atoms with E-state index in [0.717, 1.165) is 6.26 Å². The van der Waals surface area contributed by atoms with Crippen LogP contribution in [0.5, 0.6) is 0 Å². The zero-order valence-corrected chi connectivity index (χ0v) is 22.6. The highest BCUT2D eigenvalue weighted by Gasteiger charge is 2.45. The van der Waals surface area contributed by atoms with Gasteiger partial charge < -0.3 is 19.2 Å². The molecular weight excluding hydrogens is 438 g/mol. The average Bonchev–Trinajstić information content (AvgIpc) is 2.54. The molecule has 10 heteroatoms. The van der Waals surface area contributed by atoms with Crippen LogP contribution in [0, 0.1) is 5.92 Å². The first-order chi connectivity index (χ1) is 13.8. The lowest BCUT2D eigenvalue weighted by Gasteiger charge is -2.46. The van der Waals surface area contributed by atoms with Crippen molar-refractivity contribution in [3.63, 3.8) is 0 Å². The van der Waals surface area contributed by atoms with Gasteiger partial charge in [-0.1, -0.05) is 20.8 Å². The zero-order valence-electron chi connectivity index (χ0n) is 20.8. The molecule has 0 aromatic heterocycles. The third-order valence-corrected chi connectivity index (χ3v) is 11.3. The third-order valence-electron chi connectivity index (χ3n) is 6.17. The number of likely N-dealkylation sites (tertiary alicyclic amines) is 1. The van der Waals surface area contributed by atoms with Crippen LogP contribution in [0.15, 0.2) is 0 Å². The summed E-state index contributed by atoms with van der Waals surface area (Å²) in [6.45, 7) is 17.3. The van der Waals surface area contributed by atoms with Gasteiger partial charge in [0.05, 0.1) is 18.5 Å². The molecule has 0 aromatic carbocycles. The van der Waals surface area contributed by atoms with Gasteiger partial charge in [-0.2, -0.15) is 8.42 Å². The first-order valence-electron chi connectivity index (χ1n) is 10.9. The average molecular weight is 482 g/mol. The molecule has 1 N–H and O–H groups in total. The summed E-state index contributed by atoms with van der Waals surface area (Å²) < 4.78 is 39.1. The van der Waals surface area contributed by atoms with Crippen LogP contribution in [-0.4, -0.2) is 76.6 Å². The summed E-state index contributed by atoms with van der Waals surface area (Å²) in [7, 11) is -5.57. The number of nitrogens with zero attached hydrogens (tertiary/aromatic N) is 1. The molecule has 1 heterocycles. The number of ether oxygens (including phenoxy) is 1. The van der Waals surface area contributed by atoms with Crippen LogP contribution in [0.2, 0.25) is 18.1 Å². The summed E-state index contributed by atoms with van der Waals surface area (Å²) in [5, 5.41) is 11.5. The summed E-state index contributed by atoms with van der Waals surface area (Å²) >= 11 is 0. The van der Waals surface area contributed by atoms with Crippen LogP contribution in [0.4, 0.5) is 4.79 Å². The Morgan fingerprint density at radius 2 is 1.77 bits per heavy atom. The van der Waals surface area contributed by atoms with Gasteiger partial charge in [0.15, 0.2) is 8.32 Å². The summed E-state index contributed by atoms with van der Waals surface area (Å²) in [5.41, 5.74) is -1.66. The second-order valence-corrected chi connectivity index (χ2v) is 17.6. The molecule has 1 amide bonds. The Bertz CT molecular complexity index is 712. The van der Waals surface area contributed by atoms with E-state index in [4.69, 9.17) is 13.3 Å². The van der Waals surface area contributed by atoms with E-state index in [1.165, 1.54) is 0 Å². The van der Waals surface area contributed by atoms with Crippen LogP contribution in [-0.2, 0) is 23.5 Å². The number of carbonyl (C=O) groups excluding carboxylic acids is 1. The maximum Gasteiger partial charge on any atom is 0.410 e. The molecule has 1 aliphatic rings. The third kappa shape index (κ3) is 9.37. The quantitative estimate of drug-likeness (QED) is 0.320. The molecule has 0 saturated carbocycles. The van der Waals surface area contributed by atoms with Crippen LogP contribution >= 0.6 is 0 Å². The molecule has 2 atom stereocenters. The van der Waals surface area contributed by atoms with E-state index >= 15 is 0 Å². The molecule has 0 spiro atoms. The van der Waals surface area contributed by atoms with Crippen LogP contribution in [0.25, 0.3) is 0 Å². The Morgan fingerprint density at radius 1 is 1.19 bits per heavy atom. The minimum Gasteiger partial charge on any atom is -0.444 e. The molecular formula is C21H43NO7SSi. The zero-order chi connectivity index (χ0) is 24.3. The molecule has 1 rings (SSSR count). The van der Waals surface area contributed by atoms with Gasteiger partial charge in [-0.25, -0.2) is 4.79 Å². The number of amides is 1. The Kier molecular flexibility index (Phi) is 9.21. The van der Waals surface area contributed by atoms with E-state index in [9.17, 15) is 18.3 Å². The molecule has 1 aliphatic heterocycles. The van der Waals surface area contributed by atoms with Gasteiger partial charge in [0.1, 0.15) is 5.60 Å². The van der Waals surface area contributed by atoms with E-state index < -0.39 is 35.7 Å². The van der Waals surface area contributed by atoms with Gasteiger partial charge in [-0.15, -0.1) is 0 Å². The summed E-state index contributed by atoms with van der Waals surface area (Å²) in [4.78, 5) is 14.2. The summed E-state index contributed by atoms with van der Waals surface area (Å²) in [6, 6.07) is 0. The number of piperidine rings is 1. The second-order valence-electron chi connectivity index (χ2n) is 11.2. The van der Waals surface area contributed by atoms with E-state index in [1.54, 1.807) is 4.90 Å². The maximum atomic E-state index is 12.6. The largest absolute Gasteiger partial charge is 0.444 e. The monoisotopic (exact) mass is 481 g/mol. The van der Waals surface area contributed by atoms with Gasteiger partial charge in [0.2, 0.25) is 0 Å². The topological polar surface area (TPSA) is 102 Å². The minimum absolute atomic E-state index is 0.0206. The lowest BCUT2D eigenvalue weighted by Crippen LogP contribution is -2.56. The molecule has 0 radical (unpaired) electrons. The fourth-order valence-electron chi connectivity index (χ4n) is 3.20. The molecule has 0 bridgehead atoms. The van der Waals surface area contributed by atoms with Crippen molar-refractivity contribution < 1.29 is 31.7 Å². The normalized spacial score (nSPS) is 23.7. The van der Waals surface area contributed by atoms with Gasteiger partial charge >= 0.3 is 6.09 Å². The van der Waals surface area contributed by atoms with Crippen molar-refractivity contribution in [1.82, 2.24) is 4.90 Å². The Morgan fingerprint density at radius 3 is 2.26 bits per heavy atom. The highest BCUT2D eigenvalue weighted by atomic mass is 32.2. The number of carbonyl (C=O) groups is 1. The maximum absolute atomic E-state index is 12.6. The standard InChI is InChI=1S/C21H43NO7SSi/c1-19(2,3)29-18(23)22-13-12-21(24,11-10-14-27-30(7,25)26)17(15-22)16-28-31(8,9)20(4,5)6/h17,24H,10-16H2,1-9H3. The van der Waals surface area contributed by atoms with Crippen molar-refractivity contribution >= 4 is 24.5 Å². The predicted octanol–water partition coefficient (Wildman–Crippen LogP) is 3.75. The van der Waals surface area contributed by atoms with Crippen LogP contribution in [0.1, 0.15) is 60.8 Å². The van der Waals surface area contributed by atoms with Crippen molar-refractivity contribution in [3.8, 4) is 0 Å². The van der Waals surface area contributed by atoms with Crippen LogP contribution in [0.3, 0.4) is 0 Å². The van der Waals surface area contributed by atoms with Crippen molar-refractivity contribution in [3.05, 3.63) is 0 Å². The molecule has 0 aromatic rings. The lowest BCUT2D eigenvalue weighted by molar-refractivity contribution is -0.0938. The minimum atomic E-state index is -3.51. The molecule has 1 saturated heterocycles. The van der Waals surface area contributed by atoms with E-state index in [2.05, 4.69) is 33.9 Å². The number of rotatable bonds is 8. The fraction of sp³-hybridized carbons (Fsp3) is 0.952. The van der Waals surface area contributed by atoms with Gasteiger partial charge in [-0.3, -0.25) is 4.18 Å². The Balaban J connectivity index is 2.93. The fourth-order valence-corrected chi connectivity index (χ4v) is 4.67. The second kappa shape index (κ2) is 10.1. The molecule has 184 valence electrons. The summed E-state index contributed by atoms with van der Waals surface area (Å²) in [6.07, 6.45) is 1.75. The van der Waals surface area contributed by atoms with Gasteiger partial charge in [0.25, 0.3) is 10.1 Å². The Hall–Kier alpha value is -0.683. The van der Waals surface area contributed by atoms with E-state index in [1.807, 2.05) is 20.8 Å². The summed E-state index contributed by atoms with van der Waals surface area (Å²) in [5.74, 6) is -0.305. The molecule has 1 fully saturated rings. The molecule has 2 unspecified atom stereocenters. The van der Waals surface area contributed by atoms with E-state index in [-0.39, 0.29) is 17.6 Å². The highest BCUT2D eigenvalue weighted by molar-refractivity contribution is 7.85. The SMILES string of the molecule is CC(C)(C)OC(=O)N1CCC(O)(CCCOS(C)(=O)=O)C(CO[Si](C)(C)C(C)(C)C)C1. The van der Waals surface area contributed by atoms with E-state index in [0.29, 0.717) is 39.0 Å². The lowest BCUT2D eigenvalue weighted by atomic mass is 9.78. The number of hydrogen-bond donors (Lipinski definition) is 1.